The summed E-state index contributed by atoms with van der Waals surface area (Å²) in [6, 6.07) is 7.85. The Hall–Kier alpha value is -2.40. The van der Waals surface area contributed by atoms with E-state index in [2.05, 4.69) is 10.3 Å². The molecule has 0 bridgehead atoms. The lowest BCUT2D eigenvalue weighted by molar-refractivity contribution is 0.0996. The van der Waals surface area contributed by atoms with Gasteiger partial charge in [0.1, 0.15) is 0 Å². The van der Waals surface area contributed by atoms with Gasteiger partial charge >= 0.3 is 0 Å². The van der Waals surface area contributed by atoms with Crippen molar-refractivity contribution in [2.75, 3.05) is 5.32 Å². The standard InChI is InChI=1S/C13H10ClN3O2/c14-11-4-5-16-7-10(11)13(19)17-9-3-1-2-8(6-9)12(15)18/h1-7H,(H2,15,18)(H,17,19). The number of hydrogen-bond acceptors (Lipinski definition) is 3. The highest BCUT2D eigenvalue weighted by atomic mass is 35.5. The van der Waals surface area contributed by atoms with E-state index in [1.54, 1.807) is 18.2 Å². The van der Waals surface area contributed by atoms with E-state index >= 15 is 0 Å². The maximum atomic E-state index is 12.0. The first-order chi connectivity index (χ1) is 9.08. The number of carbonyl (C=O) groups is 2. The molecule has 0 aliphatic rings. The maximum absolute atomic E-state index is 12.0. The van der Waals surface area contributed by atoms with E-state index < -0.39 is 11.8 Å². The van der Waals surface area contributed by atoms with Crippen molar-refractivity contribution in [2.24, 2.45) is 5.73 Å². The number of amides is 2. The van der Waals surface area contributed by atoms with E-state index in [0.29, 0.717) is 16.3 Å². The second kappa shape index (κ2) is 5.49. The second-order valence-corrected chi connectivity index (χ2v) is 4.16. The molecule has 0 spiro atoms. The number of carbonyl (C=O) groups excluding carboxylic acids is 2. The summed E-state index contributed by atoms with van der Waals surface area (Å²) in [4.78, 5) is 26.8. The van der Waals surface area contributed by atoms with Crippen molar-refractivity contribution in [1.82, 2.24) is 4.98 Å². The zero-order valence-corrected chi connectivity index (χ0v) is 10.5. The Morgan fingerprint density at radius 3 is 2.74 bits per heavy atom. The molecule has 0 aliphatic heterocycles. The number of halogens is 1. The van der Waals surface area contributed by atoms with Crippen molar-refractivity contribution < 1.29 is 9.59 Å². The third-order valence-electron chi connectivity index (χ3n) is 2.42. The number of primary amides is 1. The van der Waals surface area contributed by atoms with Crippen LogP contribution in [0.4, 0.5) is 5.69 Å². The Balaban J connectivity index is 2.22. The molecule has 96 valence electrons. The molecule has 3 N–H and O–H groups in total. The summed E-state index contributed by atoms with van der Waals surface area (Å²) in [5.74, 6) is -0.963. The lowest BCUT2D eigenvalue weighted by Gasteiger charge is -2.07. The zero-order valence-electron chi connectivity index (χ0n) is 9.76. The van der Waals surface area contributed by atoms with E-state index in [4.69, 9.17) is 17.3 Å². The number of anilines is 1. The summed E-state index contributed by atoms with van der Waals surface area (Å²) in [5.41, 5.74) is 6.20. The Bertz CT molecular complexity index is 643. The largest absolute Gasteiger partial charge is 0.366 e. The number of pyridine rings is 1. The van der Waals surface area contributed by atoms with Gasteiger partial charge in [0.05, 0.1) is 10.6 Å². The fourth-order valence-corrected chi connectivity index (χ4v) is 1.68. The predicted molar refractivity (Wildman–Crippen MR) is 72.2 cm³/mol. The van der Waals surface area contributed by atoms with E-state index in [9.17, 15) is 9.59 Å². The molecular formula is C13H10ClN3O2. The Morgan fingerprint density at radius 1 is 1.26 bits per heavy atom. The normalized spacial score (nSPS) is 9.95. The lowest BCUT2D eigenvalue weighted by atomic mass is 10.2. The fourth-order valence-electron chi connectivity index (χ4n) is 1.49. The monoisotopic (exact) mass is 275 g/mol. The van der Waals surface area contributed by atoms with Gasteiger partial charge in [0.2, 0.25) is 5.91 Å². The van der Waals surface area contributed by atoms with Crippen molar-refractivity contribution in [1.29, 1.82) is 0 Å². The van der Waals surface area contributed by atoms with Crippen LogP contribution in [0.3, 0.4) is 0 Å². The first-order valence-corrected chi connectivity index (χ1v) is 5.76. The van der Waals surface area contributed by atoms with Crippen molar-refractivity contribution in [3.8, 4) is 0 Å². The van der Waals surface area contributed by atoms with Crippen LogP contribution in [0.25, 0.3) is 0 Å². The van der Waals surface area contributed by atoms with Crippen LogP contribution in [0.15, 0.2) is 42.7 Å². The minimum Gasteiger partial charge on any atom is -0.366 e. The van der Waals surface area contributed by atoms with Crippen LogP contribution in [-0.2, 0) is 0 Å². The van der Waals surface area contributed by atoms with Crippen LogP contribution >= 0.6 is 11.6 Å². The minimum atomic E-state index is -0.560. The fraction of sp³-hybridized carbons (Fsp3) is 0. The molecule has 0 aliphatic carbocycles. The maximum Gasteiger partial charge on any atom is 0.258 e. The van der Waals surface area contributed by atoms with E-state index in [1.807, 2.05) is 0 Å². The molecular weight excluding hydrogens is 266 g/mol. The van der Waals surface area contributed by atoms with Crippen LogP contribution < -0.4 is 11.1 Å². The molecule has 0 saturated carbocycles. The summed E-state index contributed by atoms with van der Waals surface area (Å²) in [5, 5.41) is 2.93. The molecule has 0 radical (unpaired) electrons. The van der Waals surface area contributed by atoms with Crippen LogP contribution in [-0.4, -0.2) is 16.8 Å². The van der Waals surface area contributed by atoms with Crippen molar-refractivity contribution >= 4 is 29.1 Å². The molecule has 19 heavy (non-hydrogen) atoms. The third kappa shape index (κ3) is 3.08. The molecule has 1 heterocycles. The zero-order chi connectivity index (χ0) is 13.8. The van der Waals surface area contributed by atoms with Gasteiger partial charge in [-0.15, -0.1) is 0 Å². The highest BCUT2D eigenvalue weighted by Gasteiger charge is 2.11. The number of benzene rings is 1. The topological polar surface area (TPSA) is 85.1 Å². The molecule has 1 aromatic carbocycles. The van der Waals surface area contributed by atoms with Gasteiger partial charge in [-0.3, -0.25) is 14.6 Å². The van der Waals surface area contributed by atoms with E-state index in [0.717, 1.165) is 0 Å². The van der Waals surface area contributed by atoms with Crippen molar-refractivity contribution in [3.05, 3.63) is 58.9 Å². The molecule has 0 atom stereocenters. The molecule has 2 aromatic rings. The van der Waals surface area contributed by atoms with E-state index in [1.165, 1.54) is 24.5 Å². The molecule has 2 amide bonds. The molecule has 6 heteroatoms. The van der Waals surface area contributed by atoms with Gasteiger partial charge in [-0.25, -0.2) is 0 Å². The number of nitrogens with two attached hydrogens (primary N) is 1. The number of aromatic nitrogens is 1. The van der Waals surface area contributed by atoms with Gasteiger partial charge in [0.15, 0.2) is 0 Å². The molecule has 5 nitrogen and oxygen atoms in total. The second-order valence-electron chi connectivity index (χ2n) is 3.75. The average Bonchev–Trinajstić information content (AvgIpc) is 2.39. The smallest absolute Gasteiger partial charge is 0.258 e. The molecule has 0 unspecified atom stereocenters. The lowest BCUT2D eigenvalue weighted by Crippen LogP contribution is -2.15. The third-order valence-corrected chi connectivity index (χ3v) is 2.75. The van der Waals surface area contributed by atoms with Crippen LogP contribution in [0.1, 0.15) is 20.7 Å². The van der Waals surface area contributed by atoms with Gasteiger partial charge in [-0.1, -0.05) is 17.7 Å². The first-order valence-electron chi connectivity index (χ1n) is 5.38. The summed E-state index contributed by atoms with van der Waals surface area (Å²) < 4.78 is 0. The number of rotatable bonds is 3. The quantitative estimate of drug-likeness (QED) is 0.899. The minimum absolute atomic E-state index is 0.258. The Kier molecular flexibility index (Phi) is 3.77. The van der Waals surface area contributed by atoms with Crippen molar-refractivity contribution in [2.45, 2.75) is 0 Å². The van der Waals surface area contributed by atoms with Crippen LogP contribution in [0.5, 0.6) is 0 Å². The SMILES string of the molecule is NC(=O)c1cccc(NC(=O)c2cnccc2Cl)c1. The summed E-state index contributed by atoms with van der Waals surface area (Å²) in [6.45, 7) is 0. The molecule has 1 aromatic heterocycles. The van der Waals surface area contributed by atoms with Crippen LogP contribution in [0.2, 0.25) is 5.02 Å². The Labute approximate surface area is 114 Å². The highest BCUT2D eigenvalue weighted by molar-refractivity contribution is 6.34. The number of hydrogen-bond donors (Lipinski definition) is 2. The van der Waals surface area contributed by atoms with Crippen molar-refractivity contribution in [3.63, 3.8) is 0 Å². The molecule has 0 fully saturated rings. The van der Waals surface area contributed by atoms with Gasteiger partial charge in [0.25, 0.3) is 5.91 Å². The van der Waals surface area contributed by atoms with Gasteiger partial charge in [-0.2, -0.15) is 0 Å². The average molecular weight is 276 g/mol. The summed E-state index contributed by atoms with van der Waals surface area (Å²) in [7, 11) is 0. The molecule has 2 rings (SSSR count). The van der Waals surface area contributed by atoms with Crippen LogP contribution in [0, 0.1) is 0 Å². The van der Waals surface area contributed by atoms with Gasteiger partial charge < -0.3 is 11.1 Å². The predicted octanol–water partition coefficient (Wildman–Crippen LogP) is 2.09. The summed E-state index contributed by atoms with van der Waals surface area (Å²) in [6.07, 6.45) is 2.86. The van der Waals surface area contributed by atoms with E-state index in [-0.39, 0.29) is 5.56 Å². The number of nitrogens with zero attached hydrogens (tertiary/aromatic N) is 1. The first kappa shape index (κ1) is 13.0. The summed E-state index contributed by atoms with van der Waals surface area (Å²) >= 11 is 5.89. The van der Waals surface area contributed by atoms with Gasteiger partial charge in [-0.05, 0) is 24.3 Å². The Morgan fingerprint density at radius 2 is 2.05 bits per heavy atom. The molecule has 0 saturated heterocycles. The van der Waals surface area contributed by atoms with Gasteiger partial charge in [0, 0.05) is 23.6 Å². The highest BCUT2D eigenvalue weighted by Crippen LogP contribution is 2.16. The number of nitrogens with one attached hydrogen (secondary N) is 1.